The van der Waals surface area contributed by atoms with E-state index < -0.39 is 0 Å². The topological polar surface area (TPSA) is 18.5 Å². The minimum atomic E-state index is -0.300. The van der Waals surface area contributed by atoms with E-state index in [0.29, 0.717) is 0 Å². The van der Waals surface area contributed by atoms with Gasteiger partial charge in [-0.15, -0.1) is 0 Å². The molecule has 0 aromatic heterocycles. The molecule has 0 aliphatic carbocycles. The fraction of sp³-hybridized carbons (Fsp3) is 0.130. The molecule has 4 heteroatoms. The van der Waals surface area contributed by atoms with Crippen LogP contribution in [0.2, 0.25) is 0 Å². The molecule has 4 aromatic carbocycles. The second-order valence-electron chi connectivity index (χ2n) is 6.68. The monoisotopic (exact) mass is 482 g/mol. The summed E-state index contributed by atoms with van der Waals surface area (Å²) >= 11 is 7.17. The van der Waals surface area contributed by atoms with Crippen LogP contribution in [0.15, 0.2) is 69.6 Å². The van der Waals surface area contributed by atoms with Gasteiger partial charge in [-0.05, 0) is 57.9 Å². The zero-order chi connectivity index (χ0) is 18.5. The van der Waals surface area contributed by atoms with Gasteiger partial charge in [0.2, 0.25) is 6.29 Å². The SMILES string of the molecule is CCC1Oc2ccc3cc(Br)ccc3c2-c2c(ccc3cc(Br)ccc23)O1. The van der Waals surface area contributed by atoms with Crippen molar-refractivity contribution in [2.75, 3.05) is 0 Å². The molecule has 0 amide bonds. The zero-order valence-corrected chi connectivity index (χ0v) is 17.8. The summed E-state index contributed by atoms with van der Waals surface area (Å²) in [5.41, 5.74) is 2.19. The van der Waals surface area contributed by atoms with Gasteiger partial charge in [-0.1, -0.05) is 63.0 Å². The predicted octanol–water partition coefficient (Wildman–Crippen LogP) is 7.69. The van der Waals surface area contributed by atoms with E-state index in [9.17, 15) is 0 Å². The van der Waals surface area contributed by atoms with Gasteiger partial charge < -0.3 is 9.47 Å². The lowest BCUT2D eigenvalue weighted by Gasteiger charge is -2.17. The summed E-state index contributed by atoms with van der Waals surface area (Å²) in [4.78, 5) is 0. The maximum absolute atomic E-state index is 6.26. The van der Waals surface area contributed by atoms with E-state index in [1.807, 2.05) is 0 Å². The van der Waals surface area contributed by atoms with Crippen molar-refractivity contribution in [3.8, 4) is 22.6 Å². The third-order valence-corrected chi connectivity index (χ3v) is 5.97. The Morgan fingerprint density at radius 1 is 0.704 bits per heavy atom. The molecule has 2 nitrogen and oxygen atoms in total. The summed E-state index contributed by atoms with van der Waals surface area (Å²) in [5, 5.41) is 4.66. The molecule has 0 spiro atoms. The molecule has 0 saturated carbocycles. The van der Waals surface area contributed by atoms with E-state index in [1.165, 1.54) is 10.8 Å². The van der Waals surface area contributed by atoms with Crippen LogP contribution in [-0.4, -0.2) is 6.29 Å². The van der Waals surface area contributed by atoms with Crippen LogP contribution >= 0.6 is 31.9 Å². The van der Waals surface area contributed by atoms with E-state index in [2.05, 4.69) is 99.4 Å². The lowest BCUT2D eigenvalue weighted by atomic mass is 9.92. The predicted molar refractivity (Wildman–Crippen MR) is 118 cm³/mol. The van der Waals surface area contributed by atoms with Crippen molar-refractivity contribution in [1.82, 2.24) is 0 Å². The highest BCUT2D eigenvalue weighted by Gasteiger charge is 2.25. The Balaban J connectivity index is 1.94. The Hall–Kier alpha value is -2.04. The quantitative estimate of drug-likeness (QED) is 0.276. The van der Waals surface area contributed by atoms with Gasteiger partial charge in [-0.2, -0.15) is 0 Å². The van der Waals surface area contributed by atoms with E-state index in [4.69, 9.17) is 9.47 Å². The Morgan fingerprint density at radius 3 is 1.63 bits per heavy atom. The van der Waals surface area contributed by atoms with Crippen LogP contribution in [0, 0.1) is 0 Å². The zero-order valence-electron chi connectivity index (χ0n) is 14.6. The third-order valence-electron chi connectivity index (χ3n) is 4.99. The molecule has 134 valence electrons. The maximum atomic E-state index is 6.26. The van der Waals surface area contributed by atoms with Crippen molar-refractivity contribution >= 4 is 53.4 Å². The number of hydrogen-bond donors (Lipinski definition) is 0. The lowest BCUT2D eigenvalue weighted by Crippen LogP contribution is -2.21. The normalized spacial score (nSPS) is 13.6. The van der Waals surface area contributed by atoms with Crippen molar-refractivity contribution in [3.63, 3.8) is 0 Å². The molecule has 4 aromatic rings. The molecule has 0 fully saturated rings. The standard InChI is InChI=1S/C23H16Br2O2/c1-2-21-26-19-9-3-13-11-15(24)5-7-17(13)22(19)23-18-8-6-16(25)12-14(18)4-10-20(23)27-21/h3-12,21H,2H2,1H3. The molecule has 1 aliphatic heterocycles. The second kappa shape index (κ2) is 6.54. The number of fused-ring (bicyclic) bond motifs is 7. The minimum Gasteiger partial charge on any atom is -0.454 e. The van der Waals surface area contributed by atoms with Gasteiger partial charge in [0, 0.05) is 26.5 Å². The first-order valence-corrected chi connectivity index (χ1v) is 10.5. The summed E-state index contributed by atoms with van der Waals surface area (Å²) in [6.07, 6.45) is 0.473. The number of benzene rings is 4. The summed E-state index contributed by atoms with van der Waals surface area (Å²) < 4.78 is 14.6. The largest absolute Gasteiger partial charge is 0.454 e. The first-order chi connectivity index (χ1) is 13.1. The van der Waals surface area contributed by atoms with Crippen LogP contribution in [-0.2, 0) is 0 Å². The van der Waals surface area contributed by atoms with Crippen LogP contribution in [0.25, 0.3) is 32.7 Å². The van der Waals surface area contributed by atoms with Gasteiger partial charge in [0.15, 0.2) is 0 Å². The second-order valence-corrected chi connectivity index (χ2v) is 8.51. The molecule has 5 rings (SSSR count). The molecule has 0 unspecified atom stereocenters. The van der Waals surface area contributed by atoms with E-state index in [-0.39, 0.29) is 6.29 Å². The summed E-state index contributed by atoms with van der Waals surface area (Å²) in [6, 6.07) is 21.1. The molecule has 0 atom stereocenters. The van der Waals surface area contributed by atoms with Gasteiger partial charge in [0.25, 0.3) is 0 Å². The Bertz CT molecular complexity index is 1110. The summed E-state index contributed by atoms with van der Waals surface area (Å²) in [5.74, 6) is 1.73. The molecule has 27 heavy (non-hydrogen) atoms. The van der Waals surface area contributed by atoms with Crippen molar-refractivity contribution in [2.24, 2.45) is 0 Å². The fourth-order valence-corrected chi connectivity index (χ4v) is 4.51. The Kier molecular flexibility index (Phi) is 4.14. The highest BCUT2D eigenvalue weighted by atomic mass is 79.9. The number of hydrogen-bond acceptors (Lipinski definition) is 2. The van der Waals surface area contributed by atoms with Gasteiger partial charge >= 0.3 is 0 Å². The van der Waals surface area contributed by atoms with Gasteiger partial charge in [-0.25, -0.2) is 0 Å². The Morgan fingerprint density at radius 2 is 1.19 bits per heavy atom. The molecule has 1 heterocycles. The van der Waals surface area contributed by atoms with Crippen LogP contribution < -0.4 is 9.47 Å². The van der Waals surface area contributed by atoms with E-state index in [1.54, 1.807) is 0 Å². The van der Waals surface area contributed by atoms with E-state index >= 15 is 0 Å². The lowest BCUT2D eigenvalue weighted by molar-refractivity contribution is 0.00712. The van der Waals surface area contributed by atoms with Gasteiger partial charge in [0.1, 0.15) is 11.5 Å². The molecule has 0 N–H and O–H groups in total. The van der Waals surface area contributed by atoms with E-state index in [0.717, 1.165) is 48.8 Å². The number of halogens is 2. The summed E-state index contributed by atoms with van der Waals surface area (Å²) in [6.45, 7) is 2.08. The average molecular weight is 484 g/mol. The highest BCUT2D eigenvalue weighted by Crippen LogP contribution is 2.48. The van der Waals surface area contributed by atoms with Crippen LogP contribution in [0.1, 0.15) is 13.3 Å². The van der Waals surface area contributed by atoms with Crippen molar-refractivity contribution in [3.05, 3.63) is 69.6 Å². The molecular weight excluding hydrogens is 468 g/mol. The minimum absolute atomic E-state index is 0.300. The maximum Gasteiger partial charge on any atom is 0.240 e. The Labute approximate surface area is 174 Å². The van der Waals surface area contributed by atoms with Crippen molar-refractivity contribution in [1.29, 1.82) is 0 Å². The van der Waals surface area contributed by atoms with Gasteiger partial charge in [0.05, 0.1) is 0 Å². The molecule has 0 radical (unpaired) electrons. The molecular formula is C23H16Br2O2. The van der Waals surface area contributed by atoms with Crippen LogP contribution in [0.3, 0.4) is 0 Å². The molecule has 1 aliphatic rings. The first kappa shape index (κ1) is 17.1. The van der Waals surface area contributed by atoms with Gasteiger partial charge in [-0.3, -0.25) is 0 Å². The van der Waals surface area contributed by atoms with Crippen molar-refractivity contribution < 1.29 is 9.47 Å². The van der Waals surface area contributed by atoms with Crippen LogP contribution in [0.5, 0.6) is 11.5 Å². The number of rotatable bonds is 1. The first-order valence-electron chi connectivity index (χ1n) is 8.92. The smallest absolute Gasteiger partial charge is 0.240 e. The summed E-state index contributed by atoms with van der Waals surface area (Å²) in [7, 11) is 0. The fourth-order valence-electron chi connectivity index (χ4n) is 3.75. The van der Waals surface area contributed by atoms with Crippen molar-refractivity contribution in [2.45, 2.75) is 19.6 Å². The molecule has 0 saturated heterocycles. The molecule has 0 bridgehead atoms. The third kappa shape index (κ3) is 2.82. The number of ether oxygens (including phenoxy) is 2. The highest BCUT2D eigenvalue weighted by molar-refractivity contribution is 9.10. The average Bonchev–Trinajstić information content (AvgIpc) is 2.84. The van der Waals surface area contributed by atoms with Crippen LogP contribution in [0.4, 0.5) is 0 Å².